The number of benzene rings is 5. The van der Waals surface area contributed by atoms with Crippen LogP contribution in [0.5, 0.6) is 0 Å². The molecule has 232 valence electrons. The zero-order chi connectivity index (χ0) is 32.8. The summed E-state index contributed by atoms with van der Waals surface area (Å²) in [5, 5.41) is 0. The second-order valence-electron chi connectivity index (χ2n) is 11.8. The molecule has 1 N–H and O–H groups in total. The highest BCUT2D eigenvalue weighted by Crippen LogP contribution is 2.33. The summed E-state index contributed by atoms with van der Waals surface area (Å²) in [5.41, 5.74) is 13.4. The summed E-state index contributed by atoms with van der Waals surface area (Å²) in [6.45, 7) is 0. The van der Waals surface area contributed by atoms with Crippen molar-refractivity contribution in [3.8, 4) is 67.7 Å². The predicted molar refractivity (Wildman–Crippen MR) is 202 cm³/mol. The van der Waals surface area contributed by atoms with Gasteiger partial charge in [0.05, 0.1) is 28.5 Å². The van der Waals surface area contributed by atoms with Crippen molar-refractivity contribution in [2.24, 2.45) is 0 Å². The summed E-state index contributed by atoms with van der Waals surface area (Å²) in [7, 11) is 0. The molecule has 0 saturated carbocycles. The van der Waals surface area contributed by atoms with E-state index in [1.165, 1.54) is 0 Å². The van der Waals surface area contributed by atoms with Gasteiger partial charge in [-0.3, -0.25) is 4.98 Å². The number of aromatic nitrogens is 4. The molecule has 4 heteroatoms. The Morgan fingerprint density at radius 2 is 0.939 bits per heavy atom. The largest absolute Gasteiger partial charge is 0.337 e. The van der Waals surface area contributed by atoms with Gasteiger partial charge in [-0.25, -0.2) is 9.97 Å². The van der Waals surface area contributed by atoms with Crippen molar-refractivity contribution >= 4 is 12.2 Å². The third kappa shape index (κ3) is 6.62. The Balaban J connectivity index is 1.03. The van der Waals surface area contributed by atoms with Crippen molar-refractivity contribution < 1.29 is 0 Å². The first kappa shape index (κ1) is 29.7. The lowest BCUT2D eigenvalue weighted by Crippen LogP contribution is -1.92. The first-order valence-electron chi connectivity index (χ1n) is 16.4. The van der Waals surface area contributed by atoms with Crippen LogP contribution in [0.25, 0.3) is 79.8 Å². The molecule has 0 amide bonds. The maximum absolute atomic E-state index is 5.05. The van der Waals surface area contributed by atoms with Crippen LogP contribution in [0, 0.1) is 0 Å². The first-order chi connectivity index (χ1) is 24.3. The van der Waals surface area contributed by atoms with E-state index in [1.54, 1.807) is 6.20 Å². The van der Waals surface area contributed by atoms with E-state index in [0.717, 1.165) is 78.8 Å². The van der Waals surface area contributed by atoms with Gasteiger partial charge in [0.2, 0.25) is 0 Å². The van der Waals surface area contributed by atoms with Gasteiger partial charge in [0, 0.05) is 28.5 Å². The van der Waals surface area contributed by atoms with Gasteiger partial charge < -0.3 is 4.98 Å². The molecule has 0 aliphatic heterocycles. The maximum atomic E-state index is 5.05. The van der Waals surface area contributed by atoms with Crippen LogP contribution in [0.3, 0.4) is 0 Å². The van der Waals surface area contributed by atoms with Crippen LogP contribution in [0.1, 0.15) is 11.1 Å². The minimum Gasteiger partial charge on any atom is -0.337 e. The number of nitrogens with one attached hydrogen (secondary N) is 1. The minimum absolute atomic E-state index is 0.849. The number of nitrogens with zero attached hydrogens (tertiary/aromatic N) is 3. The Kier molecular flexibility index (Phi) is 8.25. The van der Waals surface area contributed by atoms with E-state index in [2.05, 4.69) is 131 Å². The van der Waals surface area contributed by atoms with Crippen LogP contribution in [0.4, 0.5) is 0 Å². The molecule has 0 aliphatic carbocycles. The average Bonchev–Trinajstić information content (AvgIpc) is 3.65. The second kappa shape index (κ2) is 13.6. The molecule has 8 aromatic rings. The Labute approximate surface area is 286 Å². The molecule has 4 nitrogen and oxygen atoms in total. The van der Waals surface area contributed by atoms with Gasteiger partial charge in [0.1, 0.15) is 5.82 Å². The quantitative estimate of drug-likeness (QED) is 0.170. The molecule has 0 saturated heterocycles. The highest BCUT2D eigenvalue weighted by molar-refractivity contribution is 5.82. The summed E-state index contributed by atoms with van der Waals surface area (Å²) in [5.74, 6) is 0.849. The number of hydrogen-bond donors (Lipinski definition) is 1. The lowest BCUT2D eigenvalue weighted by atomic mass is 10.00. The predicted octanol–water partition coefficient (Wildman–Crippen LogP) is 11.4. The van der Waals surface area contributed by atoms with Gasteiger partial charge >= 0.3 is 0 Å². The Morgan fingerprint density at radius 3 is 1.55 bits per heavy atom. The number of hydrogen-bond acceptors (Lipinski definition) is 3. The van der Waals surface area contributed by atoms with E-state index in [9.17, 15) is 0 Å². The van der Waals surface area contributed by atoms with Crippen LogP contribution < -0.4 is 0 Å². The molecule has 0 atom stereocenters. The molecule has 0 bridgehead atoms. The fraction of sp³-hybridized carbons (Fsp3) is 0. The second-order valence-corrected chi connectivity index (χ2v) is 11.8. The van der Waals surface area contributed by atoms with Crippen molar-refractivity contribution in [3.05, 3.63) is 187 Å². The SMILES string of the molecule is C(=C\c1ccc(-c2nc(-c3ccccc3)c(-c3ccccc3)[nH]2)cc1)/c1ccc(-c2cc(-c3ccccc3)nc(-c3ccccn3)c2)cc1. The summed E-state index contributed by atoms with van der Waals surface area (Å²) in [6.07, 6.45) is 6.10. The van der Waals surface area contributed by atoms with E-state index < -0.39 is 0 Å². The Bertz CT molecular complexity index is 2210. The molecule has 3 aromatic heterocycles. The number of rotatable bonds is 8. The Hall–Kier alpha value is -6.65. The van der Waals surface area contributed by atoms with Gasteiger partial charge in [-0.2, -0.15) is 0 Å². The highest BCUT2D eigenvalue weighted by Gasteiger charge is 2.15. The van der Waals surface area contributed by atoms with Crippen molar-refractivity contribution in [2.45, 2.75) is 0 Å². The third-order valence-corrected chi connectivity index (χ3v) is 8.53. The number of pyridine rings is 2. The van der Waals surface area contributed by atoms with Crippen LogP contribution in [0.2, 0.25) is 0 Å². The third-order valence-electron chi connectivity index (χ3n) is 8.53. The number of imidazole rings is 1. The average molecular weight is 629 g/mol. The van der Waals surface area contributed by atoms with E-state index >= 15 is 0 Å². The van der Waals surface area contributed by atoms with Gasteiger partial charge in [-0.1, -0.05) is 158 Å². The fourth-order valence-corrected chi connectivity index (χ4v) is 5.96. The normalized spacial score (nSPS) is 11.2. The van der Waals surface area contributed by atoms with Crippen LogP contribution in [-0.2, 0) is 0 Å². The number of aromatic amines is 1. The standard InChI is InChI=1S/C45H32N4/c1-4-12-35(13-5-1)41-30-39(31-42(47-41)40-18-10-11-29-46-40)34-25-21-32(22-26-34)19-20-33-23-27-38(28-24-33)45-48-43(36-14-6-2-7-15-36)44(49-45)37-16-8-3-9-17-37/h1-31H,(H,48,49)/b20-19+. The highest BCUT2D eigenvalue weighted by atomic mass is 14.9. The molecule has 8 rings (SSSR count). The van der Waals surface area contributed by atoms with E-state index in [1.807, 2.05) is 60.7 Å². The summed E-state index contributed by atoms with van der Waals surface area (Å²) in [6, 6.07) is 58.3. The van der Waals surface area contributed by atoms with E-state index in [-0.39, 0.29) is 0 Å². The van der Waals surface area contributed by atoms with Crippen LogP contribution in [0.15, 0.2) is 176 Å². The summed E-state index contributed by atoms with van der Waals surface area (Å²) >= 11 is 0. The van der Waals surface area contributed by atoms with Crippen LogP contribution >= 0.6 is 0 Å². The molecule has 0 radical (unpaired) electrons. The smallest absolute Gasteiger partial charge is 0.138 e. The Morgan fingerprint density at radius 1 is 0.388 bits per heavy atom. The van der Waals surface area contributed by atoms with Gasteiger partial charge in [0.15, 0.2) is 0 Å². The topological polar surface area (TPSA) is 54.5 Å². The molecular formula is C45H32N4. The van der Waals surface area contributed by atoms with E-state index in [4.69, 9.17) is 9.97 Å². The van der Waals surface area contributed by atoms with Crippen molar-refractivity contribution in [1.29, 1.82) is 0 Å². The van der Waals surface area contributed by atoms with Crippen LogP contribution in [-0.4, -0.2) is 19.9 Å². The number of H-pyrrole nitrogens is 1. The first-order valence-corrected chi connectivity index (χ1v) is 16.4. The lowest BCUT2D eigenvalue weighted by Gasteiger charge is -2.10. The molecule has 3 heterocycles. The van der Waals surface area contributed by atoms with E-state index in [0.29, 0.717) is 0 Å². The summed E-state index contributed by atoms with van der Waals surface area (Å²) in [4.78, 5) is 18.2. The monoisotopic (exact) mass is 628 g/mol. The zero-order valence-electron chi connectivity index (χ0n) is 26.7. The molecule has 0 spiro atoms. The molecule has 49 heavy (non-hydrogen) atoms. The van der Waals surface area contributed by atoms with Crippen molar-refractivity contribution in [2.75, 3.05) is 0 Å². The van der Waals surface area contributed by atoms with Gasteiger partial charge in [-0.15, -0.1) is 0 Å². The maximum Gasteiger partial charge on any atom is 0.138 e. The fourth-order valence-electron chi connectivity index (χ4n) is 5.96. The molecular weight excluding hydrogens is 597 g/mol. The molecule has 0 unspecified atom stereocenters. The van der Waals surface area contributed by atoms with Gasteiger partial charge in [-0.05, 0) is 46.5 Å². The molecule has 0 fully saturated rings. The molecule has 0 aliphatic rings. The molecule has 5 aromatic carbocycles. The zero-order valence-corrected chi connectivity index (χ0v) is 26.7. The van der Waals surface area contributed by atoms with Crippen molar-refractivity contribution in [1.82, 2.24) is 19.9 Å². The van der Waals surface area contributed by atoms with Gasteiger partial charge in [0.25, 0.3) is 0 Å². The summed E-state index contributed by atoms with van der Waals surface area (Å²) < 4.78 is 0. The minimum atomic E-state index is 0.849. The lowest BCUT2D eigenvalue weighted by molar-refractivity contribution is 1.25. The van der Waals surface area contributed by atoms with Crippen molar-refractivity contribution in [3.63, 3.8) is 0 Å².